The lowest BCUT2D eigenvalue weighted by Crippen LogP contribution is -2.52. The molecule has 0 radical (unpaired) electrons. The summed E-state index contributed by atoms with van der Waals surface area (Å²) in [6, 6.07) is 0. The van der Waals surface area contributed by atoms with Gasteiger partial charge in [0.05, 0.1) is 6.54 Å². The van der Waals surface area contributed by atoms with E-state index in [-0.39, 0.29) is 12.1 Å². The molecular weight excluding hydrogens is 200 g/mol. The van der Waals surface area contributed by atoms with E-state index in [9.17, 15) is 8.78 Å². The van der Waals surface area contributed by atoms with Crippen molar-refractivity contribution in [2.45, 2.75) is 24.8 Å². The standard InChI is InChI=1S/C8H14ClF2NO/c9-6-8(12-5-7(10)11)1-3-13-4-2-8/h7,12H,1-6H2. The fourth-order valence-corrected chi connectivity index (χ4v) is 1.78. The first kappa shape index (κ1) is 11.1. The summed E-state index contributed by atoms with van der Waals surface area (Å²) in [4.78, 5) is 0. The van der Waals surface area contributed by atoms with Crippen molar-refractivity contribution in [3.05, 3.63) is 0 Å². The normalized spacial score (nSPS) is 22.2. The Labute approximate surface area is 81.6 Å². The highest BCUT2D eigenvalue weighted by molar-refractivity contribution is 6.18. The Kier molecular flexibility index (Phi) is 4.35. The summed E-state index contributed by atoms with van der Waals surface area (Å²) in [5.74, 6) is 0.364. The maximum absolute atomic E-state index is 12.0. The van der Waals surface area contributed by atoms with Crippen molar-refractivity contribution in [3.63, 3.8) is 0 Å². The minimum absolute atomic E-state index is 0.285. The van der Waals surface area contributed by atoms with Crippen LogP contribution in [0.2, 0.25) is 0 Å². The van der Waals surface area contributed by atoms with Crippen molar-refractivity contribution in [1.82, 2.24) is 5.32 Å². The number of halogens is 3. The molecule has 0 aromatic carbocycles. The molecule has 1 aliphatic rings. The first-order chi connectivity index (χ1) is 6.18. The monoisotopic (exact) mass is 213 g/mol. The average Bonchev–Trinajstić information content (AvgIpc) is 2.16. The second-order valence-electron chi connectivity index (χ2n) is 3.30. The summed E-state index contributed by atoms with van der Waals surface area (Å²) in [6.45, 7) is 0.915. The zero-order valence-corrected chi connectivity index (χ0v) is 8.12. The zero-order chi connectivity index (χ0) is 9.73. The quantitative estimate of drug-likeness (QED) is 0.717. The van der Waals surface area contributed by atoms with Crippen LogP contribution in [0.25, 0.3) is 0 Å². The van der Waals surface area contributed by atoms with Crippen LogP contribution in [0, 0.1) is 0 Å². The van der Waals surface area contributed by atoms with Gasteiger partial charge < -0.3 is 10.1 Å². The van der Waals surface area contributed by atoms with Gasteiger partial charge in [-0.3, -0.25) is 0 Å². The van der Waals surface area contributed by atoms with Crippen LogP contribution in [-0.4, -0.2) is 37.6 Å². The molecule has 1 N–H and O–H groups in total. The molecule has 1 saturated heterocycles. The van der Waals surface area contributed by atoms with Gasteiger partial charge in [0.1, 0.15) is 0 Å². The van der Waals surface area contributed by atoms with Gasteiger partial charge in [-0.15, -0.1) is 11.6 Å². The molecule has 1 aliphatic heterocycles. The predicted octanol–water partition coefficient (Wildman–Crippen LogP) is 1.63. The Hall–Kier alpha value is 0.0700. The van der Waals surface area contributed by atoms with E-state index in [1.807, 2.05) is 0 Å². The number of nitrogens with one attached hydrogen (secondary N) is 1. The third-order valence-electron chi connectivity index (χ3n) is 2.34. The Bertz CT molecular complexity index is 151. The summed E-state index contributed by atoms with van der Waals surface area (Å²) in [5.41, 5.74) is -0.337. The molecule has 0 aliphatic carbocycles. The number of hydrogen-bond acceptors (Lipinski definition) is 2. The second kappa shape index (κ2) is 5.08. The molecule has 0 amide bonds. The summed E-state index contributed by atoms with van der Waals surface area (Å²) in [6.07, 6.45) is -0.894. The maximum atomic E-state index is 12.0. The fraction of sp³-hybridized carbons (Fsp3) is 1.00. The third-order valence-corrected chi connectivity index (χ3v) is 2.85. The number of alkyl halides is 3. The summed E-state index contributed by atoms with van der Waals surface area (Å²) < 4.78 is 29.1. The SMILES string of the molecule is FC(F)CNC1(CCl)CCOCC1. The molecule has 0 aromatic rings. The number of hydrogen-bond donors (Lipinski definition) is 1. The molecule has 0 unspecified atom stereocenters. The topological polar surface area (TPSA) is 21.3 Å². The molecule has 1 heterocycles. The van der Waals surface area contributed by atoms with E-state index in [2.05, 4.69) is 5.32 Å². The molecular formula is C8H14ClF2NO. The number of ether oxygens (including phenoxy) is 1. The van der Waals surface area contributed by atoms with Gasteiger partial charge in [0.15, 0.2) is 0 Å². The van der Waals surface area contributed by atoms with Crippen molar-refractivity contribution in [2.75, 3.05) is 25.6 Å². The molecule has 2 nitrogen and oxygen atoms in total. The molecule has 0 spiro atoms. The lowest BCUT2D eigenvalue weighted by atomic mass is 9.92. The smallest absolute Gasteiger partial charge is 0.250 e. The Morgan fingerprint density at radius 3 is 2.46 bits per heavy atom. The van der Waals surface area contributed by atoms with Crippen molar-refractivity contribution < 1.29 is 13.5 Å². The van der Waals surface area contributed by atoms with E-state index in [1.54, 1.807) is 0 Å². The molecule has 78 valence electrons. The highest BCUT2D eigenvalue weighted by Crippen LogP contribution is 2.22. The lowest BCUT2D eigenvalue weighted by Gasteiger charge is -2.36. The van der Waals surface area contributed by atoms with Crippen LogP contribution in [-0.2, 0) is 4.74 Å². The minimum Gasteiger partial charge on any atom is -0.381 e. The van der Waals surface area contributed by atoms with Crippen LogP contribution >= 0.6 is 11.6 Å². The molecule has 5 heteroatoms. The van der Waals surface area contributed by atoms with Crippen molar-refractivity contribution in [3.8, 4) is 0 Å². The summed E-state index contributed by atoms with van der Waals surface area (Å²) in [5, 5.41) is 2.82. The van der Waals surface area contributed by atoms with Crippen LogP contribution < -0.4 is 5.32 Å². The van der Waals surface area contributed by atoms with E-state index in [0.29, 0.717) is 31.9 Å². The van der Waals surface area contributed by atoms with Gasteiger partial charge in [-0.05, 0) is 12.8 Å². The third kappa shape index (κ3) is 3.37. The molecule has 0 bridgehead atoms. The Balaban J connectivity index is 2.38. The highest BCUT2D eigenvalue weighted by Gasteiger charge is 2.31. The number of rotatable bonds is 4. The molecule has 1 fully saturated rings. The Morgan fingerprint density at radius 1 is 1.38 bits per heavy atom. The van der Waals surface area contributed by atoms with Gasteiger partial charge in [-0.1, -0.05) is 0 Å². The van der Waals surface area contributed by atoms with E-state index in [4.69, 9.17) is 16.3 Å². The van der Waals surface area contributed by atoms with Crippen molar-refractivity contribution in [1.29, 1.82) is 0 Å². The van der Waals surface area contributed by atoms with Crippen LogP contribution in [0.15, 0.2) is 0 Å². The van der Waals surface area contributed by atoms with Gasteiger partial charge >= 0.3 is 0 Å². The van der Waals surface area contributed by atoms with E-state index < -0.39 is 6.43 Å². The first-order valence-corrected chi connectivity index (χ1v) is 4.89. The summed E-state index contributed by atoms with van der Waals surface area (Å²) in [7, 11) is 0. The Morgan fingerprint density at radius 2 is 2.00 bits per heavy atom. The molecule has 1 rings (SSSR count). The average molecular weight is 214 g/mol. The van der Waals surface area contributed by atoms with Crippen molar-refractivity contribution in [2.24, 2.45) is 0 Å². The van der Waals surface area contributed by atoms with Crippen LogP contribution in [0.5, 0.6) is 0 Å². The zero-order valence-electron chi connectivity index (χ0n) is 7.36. The largest absolute Gasteiger partial charge is 0.381 e. The first-order valence-electron chi connectivity index (χ1n) is 4.35. The minimum atomic E-state index is -2.32. The molecule has 13 heavy (non-hydrogen) atoms. The fourth-order valence-electron chi connectivity index (χ4n) is 1.41. The van der Waals surface area contributed by atoms with Crippen LogP contribution in [0.3, 0.4) is 0 Å². The maximum Gasteiger partial charge on any atom is 0.250 e. The lowest BCUT2D eigenvalue weighted by molar-refractivity contribution is 0.0372. The van der Waals surface area contributed by atoms with E-state index in [1.165, 1.54) is 0 Å². The second-order valence-corrected chi connectivity index (χ2v) is 3.57. The van der Waals surface area contributed by atoms with E-state index in [0.717, 1.165) is 0 Å². The summed E-state index contributed by atoms with van der Waals surface area (Å²) >= 11 is 5.76. The van der Waals surface area contributed by atoms with Gasteiger partial charge in [0, 0.05) is 24.6 Å². The van der Waals surface area contributed by atoms with Crippen molar-refractivity contribution >= 4 is 11.6 Å². The van der Waals surface area contributed by atoms with Gasteiger partial charge in [-0.25, -0.2) is 8.78 Å². The highest BCUT2D eigenvalue weighted by atomic mass is 35.5. The molecule has 0 saturated carbocycles. The van der Waals surface area contributed by atoms with Crippen LogP contribution in [0.1, 0.15) is 12.8 Å². The van der Waals surface area contributed by atoms with Gasteiger partial charge in [0.25, 0.3) is 6.43 Å². The predicted molar refractivity (Wildman–Crippen MR) is 47.5 cm³/mol. The molecule has 0 atom stereocenters. The molecule has 0 aromatic heterocycles. The van der Waals surface area contributed by atoms with Gasteiger partial charge in [0.2, 0.25) is 0 Å². The van der Waals surface area contributed by atoms with Gasteiger partial charge in [-0.2, -0.15) is 0 Å². The van der Waals surface area contributed by atoms with E-state index >= 15 is 0 Å². The van der Waals surface area contributed by atoms with Crippen LogP contribution in [0.4, 0.5) is 8.78 Å².